The molecule has 2 aromatic heterocycles. The molecule has 0 aliphatic heterocycles. The third kappa shape index (κ3) is 1.14. The van der Waals surface area contributed by atoms with Crippen molar-refractivity contribution < 1.29 is 4.79 Å². The van der Waals surface area contributed by atoms with E-state index in [1.165, 1.54) is 0 Å². The maximum Gasteiger partial charge on any atom is 0.285 e. The first kappa shape index (κ1) is 8.71. The number of nitrogens with zero attached hydrogens (tertiary/aromatic N) is 2. The molecule has 0 aromatic carbocycles. The number of carbonyl (C=O) groups excluding carboxylic acids is 1. The fourth-order valence-electron chi connectivity index (χ4n) is 1.40. The molecule has 0 aliphatic rings. The van der Waals surface area contributed by atoms with Crippen LogP contribution in [0.1, 0.15) is 16.2 Å². The first-order chi connectivity index (χ1) is 6.74. The van der Waals surface area contributed by atoms with Crippen molar-refractivity contribution in [2.75, 3.05) is 0 Å². The minimum Gasteiger partial charge on any atom is -0.304 e. The largest absolute Gasteiger partial charge is 0.304 e. The van der Waals surface area contributed by atoms with Crippen LogP contribution in [-0.2, 0) is 0 Å². The molecule has 0 fully saturated rings. The average Bonchev–Trinajstić information content (AvgIpc) is 2.56. The lowest BCUT2D eigenvalue weighted by molar-refractivity contribution is 0.0948. The SMILES string of the molecule is Cc1c(C(=O)NN)nc2ccccn12. The lowest BCUT2D eigenvalue weighted by Gasteiger charge is -1.96. The van der Waals surface area contributed by atoms with Crippen molar-refractivity contribution in [3.63, 3.8) is 0 Å². The minimum absolute atomic E-state index is 0.360. The first-order valence-corrected chi connectivity index (χ1v) is 4.18. The monoisotopic (exact) mass is 190 g/mol. The molecular weight excluding hydrogens is 180 g/mol. The second-order valence-electron chi connectivity index (χ2n) is 2.95. The number of aromatic nitrogens is 2. The van der Waals surface area contributed by atoms with Crippen molar-refractivity contribution in [2.45, 2.75) is 6.92 Å². The molecule has 2 aromatic rings. The van der Waals surface area contributed by atoms with Crippen LogP contribution in [0.25, 0.3) is 5.65 Å². The van der Waals surface area contributed by atoms with Gasteiger partial charge in [-0.25, -0.2) is 10.8 Å². The van der Waals surface area contributed by atoms with Gasteiger partial charge in [0.05, 0.1) is 5.69 Å². The van der Waals surface area contributed by atoms with Crippen LogP contribution in [0, 0.1) is 6.92 Å². The van der Waals surface area contributed by atoms with E-state index in [0.717, 1.165) is 11.3 Å². The zero-order valence-electron chi connectivity index (χ0n) is 7.69. The number of hydrazine groups is 1. The van der Waals surface area contributed by atoms with Crippen molar-refractivity contribution in [3.8, 4) is 0 Å². The molecule has 1 amide bonds. The van der Waals surface area contributed by atoms with Gasteiger partial charge in [0.2, 0.25) is 0 Å². The van der Waals surface area contributed by atoms with E-state index in [1.54, 1.807) is 0 Å². The van der Waals surface area contributed by atoms with Crippen molar-refractivity contribution in [2.24, 2.45) is 5.84 Å². The van der Waals surface area contributed by atoms with Crippen LogP contribution in [0.15, 0.2) is 24.4 Å². The molecule has 0 atom stereocenters. The summed E-state index contributed by atoms with van der Waals surface area (Å²) in [6.45, 7) is 1.82. The van der Waals surface area contributed by atoms with Crippen LogP contribution < -0.4 is 11.3 Å². The van der Waals surface area contributed by atoms with Gasteiger partial charge in [-0.3, -0.25) is 10.2 Å². The molecule has 0 bridgehead atoms. The van der Waals surface area contributed by atoms with Crippen LogP contribution in [0.4, 0.5) is 0 Å². The van der Waals surface area contributed by atoms with Crippen LogP contribution in [0.3, 0.4) is 0 Å². The number of fused-ring (bicyclic) bond motifs is 1. The smallest absolute Gasteiger partial charge is 0.285 e. The topological polar surface area (TPSA) is 72.4 Å². The van der Waals surface area contributed by atoms with Gasteiger partial charge in [0.25, 0.3) is 5.91 Å². The van der Waals surface area contributed by atoms with E-state index >= 15 is 0 Å². The summed E-state index contributed by atoms with van der Waals surface area (Å²) in [4.78, 5) is 15.4. The van der Waals surface area contributed by atoms with E-state index in [4.69, 9.17) is 5.84 Å². The number of nitrogen functional groups attached to an aromatic ring is 1. The number of nitrogens with one attached hydrogen (secondary N) is 1. The molecule has 3 N–H and O–H groups in total. The number of carbonyl (C=O) groups is 1. The van der Waals surface area contributed by atoms with Crippen molar-refractivity contribution in [1.82, 2.24) is 14.8 Å². The van der Waals surface area contributed by atoms with E-state index in [-0.39, 0.29) is 5.91 Å². The summed E-state index contributed by atoms with van der Waals surface area (Å²) in [5.74, 6) is 4.68. The summed E-state index contributed by atoms with van der Waals surface area (Å²) in [6, 6.07) is 5.58. The molecule has 0 aliphatic carbocycles. The maximum atomic E-state index is 11.3. The van der Waals surface area contributed by atoms with E-state index in [1.807, 2.05) is 35.7 Å². The van der Waals surface area contributed by atoms with Gasteiger partial charge in [-0.1, -0.05) is 6.07 Å². The van der Waals surface area contributed by atoms with Crippen LogP contribution >= 0.6 is 0 Å². The number of hydrogen-bond donors (Lipinski definition) is 2. The molecule has 0 saturated carbocycles. The van der Waals surface area contributed by atoms with E-state index < -0.39 is 0 Å². The Morgan fingerprint density at radius 1 is 1.57 bits per heavy atom. The first-order valence-electron chi connectivity index (χ1n) is 4.18. The molecule has 2 heterocycles. The van der Waals surface area contributed by atoms with Crippen molar-refractivity contribution in [1.29, 1.82) is 0 Å². The van der Waals surface area contributed by atoms with Gasteiger partial charge < -0.3 is 4.40 Å². The number of amides is 1. The Hall–Kier alpha value is -1.88. The van der Waals surface area contributed by atoms with Gasteiger partial charge in [-0.2, -0.15) is 0 Å². The summed E-state index contributed by atoms with van der Waals surface area (Å²) in [5, 5.41) is 0. The van der Waals surface area contributed by atoms with Crippen LogP contribution in [0.2, 0.25) is 0 Å². The highest BCUT2D eigenvalue weighted by Gasteiger charge is 2.13. The van der Waals surface area contributed by atoms with Crippen LogP contribution in [-0.4, -0.2) is 15.3 Å². The van der Waals surface area contributed by atoms with Gasteiger partial charge in [0, 0.05) is 6.20 Å². The highest BCUT2D eigenvalue weighted by molar-refractivity contribution is 5.93. The Morgan fingerprint density at radius 3 is 3.00 bits per heavy atom. The predicted octanol–water partition coefficient (Wildman–Crippen LogP) is 0.246. The third-order valence-corrected chi connectivity index (χ3v) is 2.11. The number of aryl methyl sites for hydroxylation is 1. The number of hydrogen-bond acceptors (Lipinski definition) is 3. The summed E-state index contributed by atoms with van der Waals surface area (Å²) in [7, 11) is 0. The van der Waals surface area contributed by atoms with Gasteiger partial charge in [-0.05, 0) is 19.1 Å². The number of rotatable bonds is 1. The average molecular weight is 190 g/mol. The fraction of sp³-hybridized carbons (Fsp3) is 0.111. The van der Waals surface area contributed by atoms with Gasteiger partial charge in [0.1, 0.15) is 5.65 Å². The quantitative estimate of drug-likeness (QED) is 0.384. The lowest BCUT2D eigenvalue weighted by Crippen LogP contribution is -2.30. The van der Waals surface area contributed by atoms with E-state index in [9.17, 15) is 4.79 Å². The third-order valence-electron chi connectivity index (χ3n) is 2.11. The number of nitrogens with two attached hydrogens (primary N) is 1. The molecule has 14 heavy (non-hydrogen) atoms. The highest BCUT2D eigenvalue weighted by Crippen LogP contribution is 2.10. The van der Waals surface area contributed by atoms with Crippen LogP contribution in [0.5, 0.6) is 0 Å². The molecule has 5 nitrogen and oxygen atoms in total. The second-order valence-corrected chi connectivity index (χ2v) is 2.95. The Morgan fingerprint density at radius 2 is 2.36 bits per heavy atom. The normalized spacial score (nSPS) is 10.4. The minimum atomic E-state index is -0.369. The summed E-state index contributed by atoms with van der Waals surface area (Å²) >= 11 is 0. The second kappa shape index (κ2) is 3.12. The molecular formula is C9H10N4O. The van der Waals surface area contributed by atoms with Crippen molar-refractivity contribution >= 4 is 11.6 Å². The van der Waals surface area contributed by atoms with Gasteiger partial charge in [-0.15, -0.1) is 0 Å². The zero-order chi connectivity index (χ0) is 10.1. The van der Waals surface area contributed by atoms with E-state index in [2.05, 4.69) is 10.4 Å². The molecule has 0 radical (unpaired) electrons. The van der Waals surface area contributed by atoms with Gasteiger partial charge >= 0.3 is 0 Å². The number of pyridine rings is 1. The van der Waals surface area contributed by atoms with Crippen molar-refractivity contribution in [3.05, 3.63) is 35.8 Å². The molecule has 0 saturated heterocycles. The standard InChI is InChI=1S/C9H10N4O/c1-6-8(9(14)12-10)11-7-4-2-3-5-13(6)7/h2-5H,10H2,1H3,(H,12,14). The molecule has 72 valence electrons. The molecule has 0 unspecified atom stereocenters. The summed E-state index contributed by atoms with van der Waals surface area (Å²) in [6.07, 6.45) is 1.85. The van der Waals surface area contributed by atoms with Gasteiger partial charge in [0.15, 0.2) is 5.69 Å². The maximum absolute atomic E-state index is 11.3. The Bertz CT molecular complexity index is 489. The lowest BCUT2D eigenvalue weighted by atomic mass is 10.3. The molecule has 5 heteroatoms. The fourth-order valence-corrected chi connectivity index (χ4v) is 1.40. The zero-order valence-corrected chi connectivity index (χ0v) is 7.69. The molecule has 0 spiro atoms. The predicted molar refractivity (Wildman–Crippen MR) is 51.6 cm³/mol. The summed E-state index contributed by atoms with van der Waals surface area (Å²) in [5.41, 5.74) is 3.95. The Kier molecular flexibility index (Phi) is 1.94. The summed E-state index contributed by atoms with van der Waals surface area (Å²) < 4.78 is 1.84. The van der Waals surface area contributed by atoms with E-state index in [0.29, 0.717) is 5.69 Å². The number of imidazole rings is 1. The highest BCUT2D eigenvalue weighted by atomic mass is 16.2. The molecule has 2 rings (SSSR count). The Balaban J connectivity index is 2.68. The Labute approximate surface area is 80.5 Å².